The minimum atomic E-state index is -0.535. The van der Waals surface area contributed by atoms with Gasteiger partial charge in [-0.15, -0.1) is 0 Å². The van der Waals surface area contributed by atoms with Crippen LogP contribution in [-0.4, -0.2) is 42.4 Å². The van der Waals surface area contributed by atoms with Crippen molar-refractivity contribution in [3.8, 4) is 0 Å². The number of nitrogens with zero attached hydrogens (tertiary/aromatic N) is 2. The fourth-order valence-electron chi connectivity index (χ4n) is 3.87. The van der Waals surface area contributed by atoms with Crippen LogP contribution in [0.2, 0.25) is 0 Å². The molecule has 5 nitrogen and oxygen atoms in total. The second-order valence-corrected chi connectivity index (χ2v) is 6.88. The number of aliphatic hydroxyl groups excluding tert-OH is 1. The molecule has 1 aliphatic heterocycles. The van der Waals surface area contributed by atoms with Crippen molar-refractivity contribution < 1.29 is 14.6 Å². The molecule has 5 heteroatoms. The SMILES string of the molecule is COC(=O)c1cccnc1N1CC[C@H](c2ccc3ccccc3c2)[C@@H](O)C1. The maximum atomic E-state index is 12.0. The second kappa shape index (κ2) is 7.37. The summed E-state index contributed by atoms with van der Waals surface area (Å²) in [5, 5.41) is 13.2. The zero-order valence-electron chi connectivity index (χ0n) is 15.2. The number of esters is 1. The lowest BCUT2D eigenvalue weighted by atomic mass is 9.86. The molecule has 3 aromatic rings. The summed E-state index contributed by atoms with van der Waals surface area (Å²) < 4.78 is 4.86. The molecule has 0 aliphatic carbocycles. The first-order valence-electron chi connectivity index (χ1n) is 9.12. The number of β-amino-alcohol motifs (C(OH)–C–C–N with tert-alkyl or cyclic N) is 1. The molecule has 138 valence electrons. The first-order chi connectivity index (χ1) is 13.2. The molecule has 1 aliphatic rings. The van der Waals surface area contributed by atoms with E-state index in [1.165, 1.54) is 17.9 Å². The summed E-state index contributed by atoms with van der Waals surface area (Å²) in [4.78, 5) is 18.3. The van der Waals surface area contributed by atoms with Gasteiger partial charge in [0, 0.05) is 25.2 Å². The Morgan fingerprint density at radius 3 is 2.74 bits per heavy atom. The van der Waals surface area contributed by atoms with Gasteiger partial charge in [-0.25, -0.2) is 9.78 Å². The van der Waals surface area contributed by atoms with Crippen molar-refractivity contribution in [1.82, 2.24) is 4.98 Å². The van der Waals surface area contributed by atoms with E-state index in [-0.39, 0.29) is 5.92 Å². The third kappa shape index (κ3) is 3.38. The number of carbonyl (C=O) groups excluding carboxylic acids is 1. The van der Waals surface area contributed by atoms with E-state index in [1.807, 2.05) is 17.0 Å². The topological polar surface area (TPSA) is 62.7 Å². The molecule has 0 saturated carbocycles. The van der Waals surface area contributed by atoms with Crippen LogP contribution in [0.5, 0.6) is 0 Å². The standard InChI is InChI=1S/C22H22N2O3/c1-27-22(26)19-7-4-11-23-21(19)24-12-10-18(20(25)14-24)17-9-8-15-5-2-3-6-16(15)13-17/h2-9,11,13,18,20,25H,10,12,14H2,1H3/t18-,20+/m1/s1. The highest BCUT2D eigenvalue weighted by Crippen LogP contribution is 2.33. The first kappa shape index (κ1) is 17.5. The zero-order valence-corrected chi connectivity index (χ0v) is 15.2. The van der Waals surface area contributed by atoms with E-state index >= 15 is 0 Å². The van der Waals surface area contributed by atoms with Gasteiger partial charge in [-0.2, -0.15) is 0 Å². The van der Waals surface area contributed by atoms with E-state index in [1.54, 1.807) is 18.3 Å². The number of benzene rings is 2. The van der Waals surface area contributed by atoms with Gasteiger partial charge < -0.3 is 14.7 Å². The van der Waals surface area contributed by atoms with Crippen molar-refractivity contribution in [1.29, 1.82) is 0 Å². The predicted octanol–water partition coefficient (Wildman–Crippen LogP) is 3.38. The van der Waals surface area contributed by atoms with Gasteiger partial charge in [0.05, 0.1) is 13.2 Å². The van der Waals surface area contributed by atoms with Gasteiger partial charge in [-0.1, -0.05) is 42.5 Å². The van der Waals surface area contributed by atoms with Gasteiger partial charge in [-0.05, 0) is 34.9 Å². The molecule has 27 heavy (non-hydrogen) atoms. The maximum absolute atomic E-state index is 12.0. The van der Waals surface area contributed by atoms with Crippen LogP contribution in [0.25, 0.3) is 10.8 Å². The zero-order chi connectivity index (χ0) is 18.8. The van der Waals surface area contributed by atoms with E-state index in [0.717, 1.165) is 18.5 Å². The van der Waals surface area contributed by atoms with Crippen LogP contribution in [0.4, 0.5) is 5.82 Å². The number of methoxy groups -OCH3 is 1. The Morgan fingerprint density at radius 2 is 1.96 bits per heavy atom. The molecule has 0 bridgehead atoms. The molecular weight excluding hydrogens is 340 g/mol. The van der Waals surface area contributed by atoms with Crippen molar-refractivity contribution in [2.75, 3.05) is 25.1 Å². The fraction of sp³-hybridized carbons (Fsp3) is 0.273. The fourth-order valence-corrected chi connectivity index (χ4v) is 3.87. The summed E-state index contributed by atoms with van der Waals surface area (Å²) in [5.74, 6) is 0.223. The van der Waals surface area contributed by atoms with Crippen molar-refractivity contribution >= 4 is 22.6 Å². The third-order valence-electron chi connectivity index (χ3n) is 5.28. The molecule has 1 saturated heterocycles. The quantitative estimate of drug-likeness (QED) is 0.724. The van der Waals surface area contributed by atoms with Crippen LogP contribution < -0.4 is 4.90 Å². The molecule has 2 heterocycles. The number of anilines is 1. The summed E-state index contributed by atoms with van der Waals surface area (Å²) in [6, 6.07) is 18.0. The number of carbonyl (C=O) groups is 1. The Bertz CT molecular complexity index is 972. The van der Waals surface area contributed by atoms with Gasteiger partial charge in [0.2, 0.25) is 0 Å². The number of aliphatic hydroxyl groups is 1. The number of ether oxygens (including phenoxy) is 1. The molecule has 2 aromatic carbocycles. The molecule has 1 fully saturated rings. The number of fused-ring (bicyclic) bond motifs is 1. The lowest BCUT2D eigenvalue weighted by Gasteiger charge is -2.37. The highest BCUT2D eigenvalue weighted by atomic mass is 16.5. The molecule has 0 amide bonds. The van der Waals surface area contributed by atoms with Gasteiger partial charge in [0.1, 0.15) is 11.4 Å². The predicted molar refractivity (Wildman–Crippen MR) is 105 cm³/mol. The van der Waals surface area contributed by atoms with Crippen LogP contribution >= 0.6 is 0 Å². The molecular formula is C22H22N2O3. The maximum Gasteiger partial charge on any atom is 0.341 e. The lowest BCUT2D eigenvalue weighted by molar-refractivity contribution is 0.0600. The number of pyridine rings is 1. The molecule has 2 atom stereocenters. The number of hydrogen-bond donors (Lipinski definition) is 1. The largest absolute Gasteiger partial charge is 0.465 e. The van der Waals surface area contributed by atoms with Crippen molar-refractivity contribution in [3.05, 3.63) is 71.9 Å². The average molecular weight is 362 g/mol. The first-order valence-corrected chi connectivity index (χ1v) is 9.12. The molecule has 0 unspecified atom stereocenters. The Hall–Kier alpha value is -2.92. The van der Waals surface area contributed by atoms with E-state index in [9.17, 15) is 9.90 Å². The van der Waals surface area contributed by atoms with Crippen LogP contribution in [0.3, 0.4) is 0 Å². The molecule has 4 rings (SSSR count). The summed E-state index contributed by atoms with van der Waals surface area (Å²) in [7, 11) is 1.36. The van der Waals surface area contributed by atoms with E-state index in [4.69, 9.17) is 4.74 Å². The summed E-state index contributed by atoms with van der Waals surface area (Å²) in [6.07, 6.45) is 1.91. The van der Waals surface area contributed by atoms with Gasteiger partial charge in [0.15, 0.2) is 0 Å². The van der Waals surface area contributed by atoms with Gasteiger partial charge >= 0.3 is 5.97 Å². The Kier molecular flexibility index (Phi) is 4.77. The third-order valence-corrected chi connectivity index (χ3v) is 5.28. The van der Waals surface area contributed by atoms with Crippen LogP contribution in [0.1, 0.15) is 28.3 Å². The van der Waals surface area contributed by atoms with Gasteiger partial charge in [-0.3, -0.25) is 0 Å². The van der Waals surface area contributed by atoms with Crippen molar-refractivity contribution in [2.24, 2.45) is 0 Å². The van der Waals surface area contributed by atoms with Crippen molar-refractivity contribution in [3.63, 3.8) is 0 Å². The summed E-state index contributed by atoms with van der Waals surface area (Å²) in [6.45, 7) is 1.15. The Morgan fingerprint density at radius 1 is 1.15 bits per heavy atom. The molecule has 0 spiro atoms. The number of piperidine rings is 1. The van der Waals surface area contributed by atoms with Crippen LogP contribution in [0.15, 0.2) is 60.8 Å². The molecule has 1 aromatic heterocycles. The van der Waals surface area contributed by atoms with E-state index in [0.29, 0.717) is 17.9 Å². The number of aromatic nitrogens is 1. The molecule has 0 radical (unpaired) electrons. The molecule has 1 N–H and O–H groups in total. The summed E-state index contributed by atoms with van der Waals surface area (Å²) in [5.41, 5.74) is 1.58. The monoisotopic (exact) mass is 362 g/mol. The van der Waals surface area contributed by atoms with E-state index in [2.05, 4.69) is 35.3 Å². The minimum absolute atomic E-state index is 0.0659. The van der Waals surface area contributed by atoms with Gasteiger partial charge in [0.25, 0.3) is 0 Å². The second-order valence-electron chi connectivity index (χ2n) is 6.88. The van der Waals surface area contributed by atoms with Crippen molar-refractivity contribution in [2.45, 2.75) is 18.4 Å². The van der Waals surface area contributed by atoms with Crippen LogP contribution in [-0.2, 0) is 4.74 Å². The number of hydrogen-bond acceptors (Lipinski definition) is 5. The normalized spacial score (nSPS) is 19.9. The van der Waals surface area contributed by atoms with E-state index < -0.39 is 12.1 Å². The van der Waals surface area contributed by atoms with Crippen LogP contribution in [0, 0.1) is 0 Å². The highest BCUT2D eigenvalue weighted by molar-refractivity contribution is 5.94. The summed E-state index contributed by atoms with van der Waals surface area (Å²) >= 11 is 0. The average Bonchev–Trinajstić information content (AvgIpc) is 2.72. The highest BCUT2D eigenvalue weighted by Gasteiger charge is 2.31. The smallest absolute Gasteiger partial charge is 0.341 e. The lowest BCUT2D eigenvalue weighted by Crippen LogP contribution is -2.43. The minimum Gasteiger partial charge on any atom is -0.465 e. The Balaban J connectivity index is 1.57. The Labute approximate surface area is 158 Å². The number of rotatable bonds is 3.